The van der Waals surface area contributed by atoms with Gasteiger partial charge in [0.25, 0.3) is 0 Å². The zero-order valence-electron chi connectivity index (χ0n) is 13.4. The second-order valence-corrected chi connectivity index (χ2v) is 5.17. The number of hydrogen-bond donors (Lipinski definition) is 3. The molecule has 2 amide bonds. The first-order valence-electron chi connectivity index (χ1n) is 7.65. The van der Waals surface area contributed by atoms with Crippen LogP contribution in [0.15, 0.2) is 60.7 Å². The van der Waals surface area contributed by atoms with Gasteiger partial charge in [-0.15, -0.1) is 0 Å². The number of alkyl carbamates (subject to hydrolysis) is 1. The minimum absolute atomic E-state index is 0.249. The molecule has 24 heavy (non-hydrogen) atoms. The van der Waals surface area contributed by atoms with Gasteiger partial charge in [-0.05, 0) is 6.42 Å². The highest BCUT2D eigenvalue weighted by Crippen LogP contribution is 2.27. The van der Waals surface area contributed by atoms with Crippen LogP contribution in [0.5, 0.6) is 0 Å². The van der Waals surface area contributed by atoms with E-state index in [0.717, 1.165) is 0 Å². The van der Waals surface area contributed by atoms with Crippen LogP contribution in [0.2, 0.25) is 0 Å². The molecule has 0 bridgehead atoms. The van der Waals surface area contributed by atoms with Gasteiger partial charge in [0, 0.05) is 11.1 Å². The van der Waals surface area contributed by atoms with Crippen molar-refractivity contribution in [1.29, 1.82) is 0 Å². The molecule has 0 aliphatic carbocycles. The molecule has 126 valence electrons. The largest absolute Gasteiger partial charge is 0.465 e. The second kappa shape index (κ2) is 8.01. The molecule has 0 fully saturated rings. The van der Waals surface area contributed by atoms with Gasteiger partial charge in [0.2, 0.25) is 0 Å². The zero-order chi connectivity index (χ0) is 17.4. The quantitative estimate of drug-likeness (QED) is 0.710. The van der Waals surface area contributed by atoms with E-state index in [1.807, 2.05) is 19.1 Å². The molecule has 0 aromatic heterocycles. The maximum absolute atomic E-state index is 12.2. The summed E-state index contributed by atoms with van der Waals surface area (Å²) in [6.07, 6.45) is -1.29. The van der Waals surface area contributed by atoms with Crippen molar-refractivity contribution in [3.8, 4) is 0 Å². The molecule has 0 saturated carbocycles. The predicted molar refractivity (Wildman–Crippen MR) is 89.6 cm³/mol. The Bertz CT molecular complexity index is 634. The van der Waals surface area contributed by atoms with E-state index in [1.165, 1.54) is 0 Å². The van der Waals surface area contributed by atoms with Crippen molar-refractivity contribution in [2.45, 2.75) is 19.0 Å². The molecule has 0 saturated heterocycles. The fourth-order valence-electron chi connectivity index (χ4n) is 2.41. The predicted octanol–water partition coefficient (Wildman–Crippen LogP) is 3.29. The van der Waals surface area contributed by atoms with Crippen LogP contribution >= 0.6 is 0 Å². The monoisotopic (exact) mass is 328 g/mol. The topological polar surface area (TPSA) is 87.7 Å². The highest BCUT2D eigenvalue weighted by atomic mass is 16.5. The van der Waals surface area contributed by atoms with Crippen molar-refractivity contribution >= 4 is 12.2 Å². The van der Waals surface area contributed by atoms with Gasteiger partial charge in [-0.2, -0.15) is 0 Å². The molecule has 0 atom stereocenters. The number of ether oxygens (including phenoxy) is 1. The van der Waals surface area contributed by atoms with E-state index in [9.17, 15) is 14.7 Å². The van der Waals surface area contributed by atoms with Crippen LogP contribution < -0.4 is 10.6 Å². The summed E-state index contributed by atoms with van der Waals surface area (Å²) in [6, 6.07) is 17.7. The van der Waals surface area contributed by atoms with E-state index in [1.54, 1.807) is 48.5 Å². The Hall–Kier alpha value is -3.02. The molecule has 0 heterocycles. The third-order valence-corrected chi connectivity index (χ3v) is 3.43. The molecule has 2 aromatic rings. The maximum atomic E-state index is 12.2. The number of carbonyl (C=O) groups excluding carboxylic acids is 1. The fourth-order valence-corrected chi connectivity index (χ4v) is 2.41. The lowest BCUT2D eigenvalue weighted by Crippen LogP contribution is -2.58. The highest BCUT2D eigenvalue weighted by Gasteiger charge is 2.38. The summed E-state index contributed by atoms with van der Waals surface area (Å²) >= 11 is 0. The van der Waals surface area contributed by atoms with Crippen molar-refractivity contribution in [2.75, 3.05) is 6.61 Å². The van der Waals surface area contributed by atoms with Gasteiger partial charge in [-0.3, -0.25) is 10.6 Å². The fraction of sp³-hybridized carbons (Fsp3) is 0.222. The number of nitrogens with one attached hydrogen (secondary N) is 2. The molecule has 2 rings (SSSR count). The molecule has 0 aliphatic heterocycles. The van der Waals surface area contributed by atoms with Crippen molar-refractivity contribution in [1.82, 2.24) is 10.6 Å². The molecule has 6 nitrogen and oxygen atoms in total. The van der Waals surface area contributed by atoms with Crippen LogP contribution in [0.25, 0.3) is 0 Å². The maximum Gasteiger partial charge on any atom is 0.409 e. The Labute approximate surface area is 140 Å². The average molecular weight is 328 g/mol. The first-order chi connectivity index (χ1) is 11.6. The summed E-state index contributed by atoms with van der Waals surface area (Å²) < 4.78 is 5.09. The first kappa shape index (κ1) is 17.3. The number of amides is 2. The Balaban J connectivity index is 2.52. The van der Waals surface area contributed by atoms with Gasteiger partial charge in [0.15, 0.2) is 5.66 Å². The van der Waals surface area contributed by atoms with Gasteiger partial charge >= 0.3 is 12.2 Å². The lowest BCUT2D eigenvalue weighted by Gasteiger charge is -2.35. The molecule has 6 heteroatoms. The molecule has 0 unspecified atom stereocenters. The lowest BCUT2D eigenvalue weighted by molar-refractivity contribution is 0.129. The van der Waals surface area contributed by atoms with Crippen molar-refractivity contribution in [3.63, 3.8) is 0 Å². The Morgan fingerprint density at radius 1 is 0.958 bits per heavy atom. The summed E-state index contributed by atoms with van der Waals surface area (Å²) in [5.74, 6) is 0. The number of benzene rings is 2. The summed E-state index contributed by atoms with van der Waals surface area (Å²) in [4.78, 5) is 23.6. The Morgan fingerprint density at radius 3 is 1.88 bits per heavy atom. The molecule has 0 radical (unpaired) electrons. The third kappa shape index (κ3) is 4.04. The smallest absolute Gasteiger partial charge is 0.409 e. The standard InChI is InChI=1S/C18H20N2O4/c1-2-13-24-17(23)20-18(19-16(21)22,14-9-5-3-6-10-14)15-11-7-4-8-12-15/h3-12,19H,2,13H2,1H3,(H,20,23)(H,21,22). The number of rotatable bonds is 6. The minimum atomic E-state index is -1.45. The Morgan fingerprint density at radius 2 is 1.46 bits per heavy atom. The van der Waals surface area contributed by atoms with E-state index < -0.39 is 17.8 Å². The normalized spacial score (nSPS) is 10.7. The number of carboxylic acid groups (broad SMARTS) is 1. The van der Waals surface area contributed by atoms with Gasteiger partial charge in [0.05, 0.1) is 6.61 Å². The van der Waals surface area contributed by atoms with Gasteiger partial charge in [-0.25, -0.2) is 9.59 Å². The summed E-state index contributed by atoms with van der Waals surface area (Å²) in [6.45, 7) is 2.13. The molecule has 2 aromatic carbocycles. The molecule has 0 aliphatic rings. The SMILES string of the molecule is CCCOC(=O)NC(NC(=O)O)(c1ccccc1)c1ccccc1. The lowest BCUT2D eigenvalue weighted by atomic mass is 9.91. The molecular weight excluding hydrogens is 308 g/mol. The van der Waals surface area contributed by atoms with Crippen LogP contribution in [0.4, 0.5) is 9.59 Å². The molecule has 3 N–H and O–H groups in total. The molecule has 0 spiro atoms. The van der Waals surface area contributed by atoms with Crippen LogP contribution in [-0.4, -0.2) is 23.9 Å². The first-order valence-corrected chi connectivity index (χ1v) is 7.65. The number of carbonyl (C=O) groups is 2. The number of hydrogen-bond acceptors (Lipinski definition) is 3. The molecular formula is C18H20N2O4. The van der Waals surface area contributed by atoms with E-state index >= 15 is 0 Å². The van der Waals surface area contributed by atoms with E-state index in [0.29, 0.717) is 17.5 Å². The summed E-state index contributed by atoms with van der Waals surface area (Å²) in [7, 11) is 0. The van der Waals surface area contributed by atoms with Gasteiger partial charge < -0.3 is 9.84 Å². The third-order valence-electron chi connectivity index (χ3n) is 3.43. The summed E-state index contributed by atoms with van der Waals surface area (Å²) in [5, 5.41) is 14.5. The van der Waals surface area contributed by atoms with Crippen molar-refractivity contribution in [2.24, 2.45) is 0 Å². The van der Waals surface area contributed by atoms with Crippen LogP contribution in [0.1, 0.15) is 24.5 Å². The van der Waals surface area contributed by atoms with E-state index in [2.05, 4.69) is 10.6 Å². The highest BCUT2D eigenvalue weighted by molar-refractivity contribution is 5.73. The zero-order valence-corrected chi connectivity index (χ0v) is 13.4. The van der Waals surface area contributed by atoms with Crippen LogP contribution in [-0.2, 0) is 10.4 Å². The average Bonchev–Trinajstić information content (AvgIpc) is 2.60. The van der Waals surface area contributed by atoms with Crippen molar-refractivity contribution < 1.29 is 19.4 Å². The Kier molecular flexibility index (Phi) is 5.78. The van der Waals surface area contributed by atoms with Gasteiger partial charge in [-0.1, -0.05) is 67.6 Å². The van der Waals surface area contributed by atoms with E-state index in [4.69, 9.17) is 4.74 Å². The van der Waals surface area contributed by atoms with E-state index in [-0.39, 0.29) is 6.61 Å². The second-order valence-electron chi connectivity index (χ2n) is 5.17. The summed E-state index contributed by atoms with van der Waals surface area (Å²) in [5.41, 5.74) is -0.293. The van der Waals surface area contributed by atoms with Crippen LogP contribution in [0, 0.1) is 0 Å². The minimum Gasteiger partial charge on any atom is -0.465 e. The van der Waals surface area contributed by atoms with Crippen molar-refractivity contribution in [3.05, 3.63) is 71.8 Å². The van der Waals surface area contributed by atoms with Gasteiger partial charge in [0.1, 0.15) is 0 Å². The van der Waals surface area contributed by atoms with Crippen LogP contribution in [0.3, 0.4) is 0 Å².